The molecule has 0 saturated carbocycles. The summed E-state index contributed by atoms with van der Waals surface area (Å²) in [4.78, 5) is 23.0. The maximum absolute atomic E-state index is 12.0. The van der Waals surface area contributed by atoms with Crippen molar-refractivity contribution < 1.29 is 9.83 Å². The minimum absolute atomic E-state index is 0.173. The Kier molecular flexibility index (Phi) is 7.32. The van der Waals surface area contributed by atoms with E-state index in [1.54, 1.807) is 30.3 Å². The monoisotopic (exact) mass is 278 g/mol. The average molecular weight is 278 g/mol. The number of amides is 1. The minimum Gasteiger partial charge on any atom is -0.263 e. The molecule has 0 atom stereocenters. The number of nitro groups is 1. The van der Waals surface area contributed by atoms with E-state index in [1.165, 1.54) is 12.8 Å². The molecule has 110 valence electrons. The standard InChI is InChI=1S/C15H22N2O3/c1-2-3-4-5-6-10-13-16(17(19)20)15(18)14-11-8-7-9-12-14/h7-9,11-12H,2-6,10,13H2,1H3. The van der Waals surface area contributed by atoms with E-state index >= 15 is 0 Å². The number of carbonyl (C=O) groups excluding carboxylic acids is 1. The molecule has 0 aromatic heterocycles. The molecule has 1 amide bonds. The summed E-state index contributed by atoms with van der Waals surface area (Å²) in [5, 5.41) is 11.1. The fraction of sp³-hybridized carbons (Fsp3) is 0.533. The van der Waals surface area contributed by atoms with Crippen LogP contribution in [0.15, 0.2) is 30.3 Å². The van der Waals surface area contributed by atoms with Crippen molar-refractivity contribution in [3.8, 4) is 0 Å². The summed E-state index contributed by atoms with van der Waals surface area (Å²) in [6.45, 7) is 2.32. The fourth-order valence-electron chi connectivity index (χ4n) is 2.03. The maximum atomic E-state index is 12.0. The van der Waals surface area contributed by atoms with E-state index in [2.05, 4.69) is 6.92 Å². The lowest BCUT2D eigenvalue weighted by Gasteiger charge is -2.12. The molecule has 0 bridgehead atoms. The van der Waals surface area contributed by atoms with Crippen molar-refractivity contribution in [1.82, 2.24) is 5.01 Å². The molecule has 0 N–H and O–H groups in total. The van der Waals surface area contributed by atoms with Crippen molar-refractivity contribution in [3.63, 3.8) is 0 Å². The largest absolute Gasteiger partial charge is 0.313 e. The first-order valence-corrected chi connectivity index (χ1v) is 7.18. The molecule has 0 fully saturated rings. The third-order valence-corrected chi connectivity index (χ3v) is 3.18. The molecule has 0 saturated heterocycles. The lowest BCUT2D eigenvalue weighted by Crippen LogP contribution is -2.37. The highest BCUT2D eigenvalue weighted by molar-refractivity contribution is 5.93. The van der Waals surface area contributed by atoms with Crippen molar-refractivity contribution in [2.24, 2.45) is 0 Å². The number of hydrogen-bond acceptors (Lipinski definition) is 3. The molecule has 1 aromatic rings. The molecule has 5 nitrogen and oxygen atoms in total. The van der Waals surface area contributed by atoms with E-state index < -0.39 is 10.9 Å². The minimum atomic E-state index is -0.610. The van der Waals surface area contributed by atoms with E-state index in [1.807, 2.05) is 0 Å². The predicted octanol–water partition coefficient (Wildman–Crippen LogP) is 3.68. The molecular weight excluding hydrogens is 256 g/mol. The fourth-order valence-corrected chi connectivity index (χ4v) is 2.03. The van der Waals surface area contributed by atoms with Crippen LogP contribution in [0.3, 0.4) is 0 Å². The zero-order valence-electron chi connectivity index (χ0n) is 12.0. The van der Waals surface area contributed by atoms with Crippen LogP contribution in [0.4, 0.5) is 0 Å². The molecule has 0 unspecified atom stereocenters. The molecule has 5 heteroatoms. The summed E-state index contributed by atoms with van der Waals surface area (Å²) >= 11 is 0. The van der Waals surface area contributed by atoms with Crippen LogP contribution in [0.5, 0.6) is 0 Å². The Balaban J connectivity index is 2.45. The van der Waals surface area contributed by atoms with Gasteiger partial charge in [-0.1, -0.05) is 62.2 Å². The predicted molar refractivity (Wildman–Crippen MR) is 77.8 cm³/mol. The zero-order valence-corrected chi connectivity index (χ0v) is 12.0. The Morgan fingerprint density at radius 3 is 2.30 bits per heavy atom. The van der Waals surface area contributed by atoms with Crippen LogP contribution in [-0.2, 0) is 0 Å². The number of hydrogen-bond donors (Lipinski definition) is 0. The second-order valence-electron chi connectivity index (χ2n) is 4.80. The Morgan fingerprint density at radius 2 is 1.70 bits per heavy atom. The topological polar surface area (TPSA) is 63.5 Å². The highest BCUT2D eigenvalue weighted by Crippen LogP contribution is 2.09. The van der Waals surface area contributed by atoms with E-state index in [0.29, 0.717) is 12.0 Å². The van der Waals surface area contributed by atoms with Gasteiger partial charge in [-0.25, -0.2) is 10.1 Å². The van der Waals surface area contributed by atoms with Gasteiger partial charge in [0.1, 0.15) is 0 Å². The van der Waals surface area contributed by atoms with Crippen LogP contribution in [0.2, 0.25) is 0 Å². The van der Waals surface area contributed by atoms with Crippen LogP contribution < -0.4 is 0 Å². The number of unbranched alkanes of at least 4 members (excludes halogenated alkanes) is 5. The summed E-state index contributed by atoms with van der Waals surface area (Å²) in [5.74, 6) is -0.538. The number of benzene rings is 1. The van der Waals surface area contributed by atoms with E-state index in [0.717, 1.165) is 24.3 Å². The molecule has 0 aliphatic heterocycles. The second kappa shape index (κ2) is 9.07. The molecule has 0 heterocycles. The summed E-state index contributed by atoms with van der Waals surface area (Å²) in [6, 6.07) is 8.38. The third kappa shape index (κ3) is 5.38. The molecule has 20 heavy (non-hydrogen) atoms. The van der Waals surface area contributed by atoms with Gasteiger partial charge in [0.25, 0.3) is 0 Å². The van der Waals surface area contributed by atoms with Gasteiger partial charge < -0.3 is 0 Å². The molecular formula is C15H22N2O3. The van der Waals surface area contributed by atoms with Crippen LogP contribution in [-0.4, -0.2) is 22.5 Å². The van der Waals surface area contributed by atoms with Gasteiger partial charge in [-0.2, -0.15) is 0 Å². The quantitative estimate of drug-likeness (QED) is 0.393. The van der Waals surface area contributed by atoms with E-state index in [-0.39, 0.29) is 6.54 Å². The van der Waals surface area contributed by atoms with Gasteiger partial charge in [0.15, 0.2) is 5.03 Å². The van der Waals surface area contributed by atoms with Gasteiger partial charge in [0.2, 0.25) is 0 Å². The summed E-state index contributed by atoms with van der Waals surface area (Å²) < 4.78 is 0. The van der Waals surface area contributed by atoms with Gasteiger partial charge in [-0.3, -0.25) is 4.79 Å². The van der Waals surface area contributed by atoms with E-state index in [4.69, 9.17) is 0 Å². The van der Waals surface area contributed by atoms with Gasteiger partial charge in [-0.05, 0) is 18.6 Å². The third-order valence-electron chi connectivity index (χ3n) is 3.18. The Labute approximate surface area is 119 Å². The lowest BCUT2D eigenvalue weighted by molar-refractivity contribution is -0.632. The van der Waals surface area contributed by atoms with Crippen molar-refractivity contribution in [3.05, 3.63) is 46.0 Å². The molecule has 1 aromatic carbocycles. The smallest absolute Gasteiger partial charge is 0.263 e. The first-order valence-electron chi connectivity index (χ1n) is 7.18. The normalized spacial score (nSPS) is 10.2. The van der Waals surface area contributed by atoms with Crippen LogP contribution in [0.1, 0.15) is 55.8 Å². The number of carbonyl (C=O) groups is 1. The molecule has 0 aliphatic carbocycles. The Bertz CT molecular complexity index is 420. The van der Waals surface area contributed by atoms with Crippen molar-refractivity contribution >= 4 is 5.91 Å². The number of hydrazine groups is 1. The SMILES string of the molecule is CCCCCCCCN(C(=O)c1ccccc1)[N+](=O)[O-]. The molecule has 0 radical (unpaired) electrons. The van der Waals surface area contributed by atoms with Crippen LogP contribution >= 0.6 is 0 Å². The average Bonchev–Trinajstić information content (AvgIpc) is 2.46. The van der Waals surface area contributed by atoms with Gasteiger partial charge in [0.05, 0.1) is 6.54 Å². The molecule has 0 aliphatic rings. The Morgan fingerprint density at radius 1 is 1.10 bits per heavy atom. The molecule has 0 spiro atoms. The molecule has 1 rings (SSSR count). The first-order chi connectivity index (χ1) is 9.66. The van der Waals surface area contributed by atoms with Gasteiger partial charge in [0, 0.05) is 5.56 Å². The first kappa shape index (κ1) is 16.1. The second-order valence-corrected chi connectivity index (χ2v) is 4.80. The van der Waals surface area contributed by atoms with E-state index in [9.17, 15) is 14.9 Å². The van der Waals surface area contributed by atoms with Gasteiger partial charge in [-0.15, -0.1) is 0 Å². The number of rotatable bonds is 9. The summed E-state index contributed by atoms with van der Waals surface area (Å²) in [5.41, 5.74) is 0.357. The van der Waals surface area contributed by atoms with Crippen LogP contribution in [0.25, 0.3) is 0 Å². The van der Waals surface area contributed by atoms with Gasteiger partial charge >= 0.3 is 5.91 Å². The summed E-state index contributed by atoms with van der Waals surface area (Å²) in [6.07, 6.45) is 6.19. The summed E-state index contributed by atoms with van der Waals surface area (Å²) in [7, 11) is 0. The highest BCUT2D eigenvalue weighted by atomic mass is 16.7. The lowest BCUT2D eigenvalue weighted by atomic mass is 10.1. The van der Waals surface area contributed by atoms with Crippen molar-refractivity contribution in [1.29, 1.82) is 0 Å². The number of nitrogens with zero attached hydrogens (tertiary/aromatic N) is 2. The maximum Gasteiger partial charge on any atom is 0.313 e. The highest BCUT2D eigenvalue weighted by Gasteiger charge is 2.24. The Hall–Kier alpha value is -1.91. The van der Waals surface area contributed by atoms with Crippen LogP contribution in [0, 0.1) is 10.1 Å². The van der Waals surface area contributed by atoms with Crippen molar-refractivity contribution in [2.75, 3.05) is 6.54 Å². The zero-order chi connectivity index (χ0) is 14.8. The van der Waals surface area contributed by atoms with Crippen molar-refractivity contribution in [2.45, 2.75) is 45.4 Å².